The van der Waals surface area contributed by atoms with Crippen LogP contribution in [0.5, 0.6) is 5.88 Å². The average Bonchev–Trinajstić information content (AvgIpc) is 1.94. The number of nitrogen functional groups attached to an aromatic ring is 1. The molecular formula is C6H7IN2O. The third-order valence-electron chi connectivity index (χ3n) is 1.03. The van der Waals surface area contributed by atoms with Crippen molar-refractivity contribution in [3.05, 3.63) is 15.7 Å². The molecule has 0 spiro atoms. The van der Waals surface area contributed by atoms with Gasteiger partial charge in [-0.05, 0) is 34.7 Å². The second-order valence-electron chi connectivity index (χ2n) is 1.73. The van der Waals surface area contributed by atoms with E-state index in [4.69, 9.17) is 10.5 Å². The number of pyridine rings is 1. The quantitative estimate of drug-likeness (QED) is 0.763. The van der Waals surface area contributed by atoms with Crippen molar-refractivity contribution >= 4 is 28.4 Å². The minimum atomic E-state index is 0.484. The van der Waals surface area contributed by atoms with E-state index in [1.807, 2.05) is 6.07 Å². The van der Waals surface area contributed by atoms with E-state index in [2.05, 4.69) is 27.6 Å². The molecule has 0 atom stereocenters. The molecule has 0 aliphatic carbocycles. The summed E-state index contributed by atoms with van der Waals surface area (Å²) in [6, 6.07) is 3.60. The SMILES string of the molecule is COc1nc(N)ccc1I. The van der Waals surface area contributed by atoms with E-state index in [0.717, 1.165) is 3.57 Å². The molecule has 0 saturated heterocycles. The van der Waals surface area contributed by atoms with E-state index in [-0.39, 0.29) is 0 Å². The van der Waals surface area contributed by atoms with Gasteiger partial charge in [0, 0.05) is 0 Å². The topological polar surface area (TPSA) is 48.1 Å². The van der Waals surface area contributed by atoms with Gasteiger partial charge in [-0.15, -0.1) is 0 Å². The molecule has 0 saturated carbocycles. The molecule has 1 rings (SSSR count). The number of halogens is 1. The minimum absolute atomic E-state index is 0.484. The van der Waals surface area contributed by atoms with Crippen LogP contribution in [0.25, 0.3) is 0 Å². The summed E-state index contributed by atoms with van der Waals surface area (Å²) in [5.41, 5.74) is 5.41. The average molecular weight is 250 g/mol. The van der Waals surface area contributed by atoms with E-state index >= 15 is 0 Å². The maximum Gasteiger partial charge on any atom is 0.228 e. The summed E-state index contributed by atoms with van der Waals surface area (Å²) in [5.74, 6) is 1.07. The predicted octanol–water partition coefficient (Wildman–Crippen LogP) is 1.28. The van der Waals surface area contributed by atoms with Crippen LogP contribution in [0.4, 0.5) is 5.82 Å². The number of methoxy groups -OCH3 is 1. The highest BCUT2D eigenvalue weighted by Crippen LogP contribution is 2.17. The summed E-state index contributed by atoms with van der Waals surface area (Å²) in [5, 5.41) is 0. The Kier molecular flexibility index (Phi) is 2.31. The van der Waals surface area contributed by atoms with Crippen LogP contribution in [0, 0.1) is 3.57 Å². The summed E-state index contributed by atoms with van der Waals surface area (Å²) in [4.78, 5) is 3.94. The summed E-state index contributed by atoms with van der Waals surface area (Å²) < 4.78 is 5.89. The number of nitrogens with two attached hydrogens (primary N) is 1. The smallest absolute Gasteiger partial charge is 0.228 e. The molecular weight excluding hydrogens is 243 g/mol. The Balaban J connectivity index is 3.09. The summed E-state index contributed by atoms with van der Waals surface area (Å²) in [6.07, 6.45) is 0. The Morgan fingerprint density at radius 1 is 1.60 bits per heavy atom. The Morgan fingerprint density at radius 2 is 2.30 bits per heavy atom. The first-order valence-corrected chi connectivity index (χ1v) is 3.78. The zero-order valence-electron chi connectivity index (χ0n) is 5.47. The molecule has 0 bridgehead atoms. The third-order valence-corrected chi connectivity index (χ3v) is 1.85. The van der Waals surface area contributed by atoms with E-state index < -0.39 is 0 Å². The number of nitrogens with zero attached hydrogens (tertiary/aromatic N) is 1. The van der Waals surface area contributed by atoms with Crippen LogP contribution in [-0.4, -0.2) is 12.1 Å². The van der Waals surface area contributed by atoms with Gasteiger partial charge in [-0.2, -0.15) is 4.98 Å². The number of aromatic nitrogens is 1. The van der Waals surface area contributed by atoms with Gasteiger partial charge < -0.3 is 10.5 Å². The number of anilines is 1. The van der Waals surface area contributed by atoms with Crippen molar-refractivity contribution in [2.45, 2.75) is 0 Å². The molecule has 0 radical (unpaired) electrons. The van der Waals surface area contributed by atoms with E-state index in [1.54, 1.807) is 13.2 Å². The highest BCUT2D eigenvalue weighted by Gasteiger charge is 1.99. The molecule has 4 heteroatoms. The Hall–Kier alpha value is -0.520. The van der Waals surface area contributed by atoms with Crippen LogP contribution < -0.4 is 10.5 Å². The van der Waals surface area contributed by atoms with E-state index in [9.17, 15) is 0 Å². The van der Waals surface area contributed by atoms with Crippen molar-refractivity contribution in [2.75, 3.05) is 12.8 Å². The molecule has 3 nitrogen and oxygen atoms in total. The maximum atomic E-state index is 5.41. The first kappa shape index (κ1) is 7.59. The monoisotopic (exact) mass is 250 g/mol. The fourth-order valence-corrected chi connectivity index (χ4v) is 1.10. The van der Waals surface area contributed by atoms with Gasteiger partial charge in [0.2, 0.25) is 5.88 Å². The van der Waals surface area contributed by atoms with Crippen molar-refractivity contribution in [2.24, 2.45) is 0 Å². The lowest BCUT2D eigenvalue weighted by molar-refractivity contribution is 0.395. The van der Waals surface area contributed by atoms with Crippen molar-refractivity contribution in [1.29, 1.82) is 0 Å². The largest absolute Gasteiger partial charge is 0.480 e. The van der Waals surface area contributed by atoms with Crippen LogP contribution >= 0.6 is 22.6 Å². The van der Waals surface area contributed by atoms with Crippen LogP contribution in [0.2, 0.25) is 0 Å². The summed E-state index contributed by atoms with van der Waals surface area (Å²) in [7, 11) is 1.57. The van der Waals surface area contributed by atoms with Gasteiger partial charge in [0.15, 0.2) is 0 Å². The van der Waals surface area contributed by atoms with Gasteiger partial charge >= 0.3 is 0 Å². The Morgan fingerprint density at radius 3 is 2.80 bits per heavy atom. The molecule has 10 heavy (non-hydrogen) atoms. The number of hydrogen-bond acceptors (Lipinski definition) is 3. The van der Waals surface area contributed by atoms with Crippen molar-refractivity contribution in [3.63, 3.8) is 0 Å². The minimum Gasteiger partial charge on any atom is -0.480 e. The fraction of sp³-hybridized carbons (Fsp3) is 0.167. The molecule has 0 aromatic carbocycles. The highest BCUT2D eigenvalue weighted by atomic mass is 127. The lowest BCUT2D eigenvalue weighted by Gasteiger charge is -2.00. The highest BCUT2D eigenvalue weighted by molar-refractivity contribution is 14.1. The van der Waals surface area contributed by atoms with Crippen molar-refractivity contribution in [1.82, 2.24) is 4.98 Å². The molecule has 1 aromatic heterocycles. The fourth-order valence-electron chi connectivity index (χ4n) is 0.581. The lowest BCUT2D eigenvalue weighted by atomic mass is 10.4. The number of hydrogen-bond donors (Lipinski definition) is 1. The molecule has 0 aliphatic heterocycles. The Bertz CT molecular complexity index is 239. The Labute approximate surface area is 72.7 Å². The molecule has 0 aliphatic rings. The molecule has 0 amide bonds. The van der Waals surface area contributed by atoms with Crippen LogP contribution in [0.1, 0.15) is 0 Å². The summed E-state index contributed by atoms with van der Waals surface area (Å²) in [6.45, 7) is 0. The van der Waals surface area contributed by atoms with Crippen molar-refractivity contribution in [3.8, 4) is 5.88 Å². The predicted molar refractivity (Wildman–Crippen MR) is 47.9 cm³/mol. The normalized spacial score (nSPS) is 9.40. The maximum absolute atomic E-state index is 5.41. The van der Waals surface area contributed by atoms with Crippen LogP contribution in [0.3, 0.4) is 0 Å². The standard InChI is InChI=1S/C6H7IN2O/c1-10-6-4(7)2-3-5(8)9-6/h2-3H,1H3,(H2,8,9). The van der Waals surface area contributed by atoms with Gasteiger partial charge in [-0.25, -0.2) is 0 Å². The van der Waals surface area contributed by atoms with Crippen LogP contribution in [-0.2, 0) is 0 Å². The molecule has 0 fully saturated rings. The second kappa shape index (κ2) is 3.05. The zero-order chi connectivity index (χ0) is 7.56. The van der Waals surface area contributed by atoms with Gasteiger partial charge in [0.1, 0.15) is 5.82 Å². The summed E-state index contributed by atoms with van der Waals surface area (Å²) >= 11 is 2.13. The number of rotatable bonds is 1. The van der Waals surface area contributed by atoms with Gasteiger partial charge in [0.05, 0.1) is 10.7 Å². The molecule has 54 valence electrons. The molecule has 2 N–H and O–H groups in total. The van der Waals surface area contributed by atoms with Crippen LogP contribution in [0.15, 0.2) is 12.1 Å². The first-order chi connectivity index (χ1) is 4.74. The molecule has 1 aromatic rings. The van der Waals surface area contributed by atoms with Crippen molar-refractivity contribution < 1.29 is 4.74 Å². The second-order valence-corrected chi connectivity index (χ2v) is 2.89. The van der Waals surface area contributed by atoms with Gasteiger partial charge in [-0.1, -0.05) is 0 Å². The van der Waals surface area contributed by atoms with Gasteiger partial charge in [0.25, 0.3) is 0 Å². The first-order valence-electron chi connectivity index (χ1n) is 2.70. The lowest BCUT2D eigenvalue weighted by Crippen LogP contribution is -1.95. The third kappa shape index (κ3) is 1.50. The molecule has 1 heterocycles. The van der Waals surface area contributed by atoms with E-state index in [1.165, 1.54) is 0 Å². The van der Waals surface area contributed by atoms with E-state index in [0.29, 0.717) is 11.7 Å². The zero-order valence-corrected chi connectivity index (χ0v) is 7.62. The van der Waals surface area contributed by atoms with Gasteiger partial charge in [-0.3, -0.25) is 0 Å². The number of ether oxygens (including phenoxy) is 1. The molecule has 0 unspecified atom stereocenters.